The highest BCUT2D eigenvalue weighted by Gasteiger charge is 2.50. The van der Waals surface area contributed by atoms with Gasteiger partial charge in [0, 0.05) is 0 Å². The van der Waals surface area contributed by atoms with E-state index in [2.05, 4.69) is 13.8 Å². The zero-order valence-electron chi connectivity index (χ0n) is 35.8. The maximum absolute atomic E-state index is 13.8. The van der Waals surface area contributed by atoms with Crippen LogP contribution in [-0.4, -0.2) is 54.3 Å². The van der Waals surface area contributed by atoms with Crippen molar-refractivity contribution < 1.29 is 70.5 Å². The van der Waals surface area contributed by atoms with Crippen molar-refractivity contribution in [2.45, 2.75) is 141 Å². The van der Waals surface area contributed by atoms with E-state index < -0.39 is 42.8 Å². The molecule has 18 heteroatoms. The predicted molar refractivity (Wildman–Crippen MR) is 229 cm³/mol. The molecule has 0 radical (unpaired) electrons. The summed E-state index contributed by atoms with van der Waals surface area (Å²) in [4.78, 5) is 0. The molecule has 0 fully saturated rings. The van der Waals surface area contributed by atoms with Crippen LogP contribution in [0.2, 0.25) is 0 Å². The van der Waals surface area contributed by atoms with Gasteiger partial charge in [-0.25, -0.2) is 0 Å². The van der Waals surface area contributed by atoms with Gasteiger partial charge in [0.15, 0.2) is 34.5 Å². The molecule has 0 unspecified atom stereocenters. The van der Waals surface area contributed by atoms with Crippen molar-refractivity contribution >= 4 is 52.6 Å². The maximum Gasteiger partial charge on any atom is 0.534 e. The fourth-order valence-corrected chi connectivity index (χ4v) is 7.70. The van der Waals surface area contributed by atoms with Crippen molar-refractivity contribution in [3.63, 3.8) is 0 Å². The van der Waals surface area contributed by atoms with E-state index in [0.29, 0.717) is 38.5 Å². The van der Waals surface area contributed by atoms with Gasteiger partial charge in [0.05, 0.1) is 26.4 Å². The maximum atomic E-state index is 13.8. The average Bonchev–Trinajstić information content (AvgIpc) is 3.20. The Kier molecular flexibility index (Phi) is 18.8. The molecule has 0 bridgehead atoms. The summed E-state index contributed by atoms with van der Waals surface area (Å²) in [5, 5.41) is 1.22. The second kappa shape index (κ2) is 23.0. The van der Waals surface area contributed by atoms with Crippen LogP contribution in [0.1, 0.15) is 130 Å². The molecule has 0 heterocycles. The van der Waals surface area contributed by atoms with Gasteiger partial charge in [0.1, 0.15) is 0 Å². The van der Waals surface area contributed by atoms with E-state index >= 15 is 0 Å². The van der Waals surface area contributed by atoms with Crippen LogP contribution in [0.5, 0.6) is 34.5 Å². The van der Waals surface area contributed by atoms with E-state index in [1.165, 1.54) is 12.1 Å². The number of fused-ring (bicyclic) bond motifs is 6. The third kappa shape index (κ3) is 13.5. The molecule has 348 valence electrons. The molecule has 0 saturated carbocycles. The van der Waals surface area contributed by atoms with E-state index in [1.54, 1.807) is 12.1 Å². The van der Waals surface area contributed by atoms with E-state index in [-0.39, 0.29) is 81.7 Å². The molecule has 10 nitrogen and oxygen atoms in total. The predicted octanol–water partition coefficient (Wildman–Crippen LogP) is 13.4. The quantitative estimate of drug-likeness (QED) is 0.0179. The lowest BCUT2D eigenvalue weighted by Crippen LogP contribution is -2.28. The van der Waals surface area contributed by atoms with Crippen LogP contribution in [0.3, 0.4) is 0 Å². The van der Waals surface area contributed by atoms with Gasteiger partial charge in [-0.15, -0.1) is 0 Å². The van der Waals surface area contributed by atoms with Crippen molar-refractivity contribution in [1.82, 2.24) is 0 Å². The minimum atomic E-state index is -6.20. The minimum Gasteiger partial charge on any atom is -0.490 e. The number of unbranched alkanes of at least 4 members (excludes halogenated alkanes) is 12. The third-order valence-corrected chi connectivity index (χ3v) is 12.0. The summed E-state index contributed by atoms with van der Waals surface area (Å²) in [6, 6.07) is 7.89. The van der Waals surface area contributed by atoms with Crippen LogP contribution in [0.15, 0.2) is 36.4 Å². The summed E-state index contributed by atoms with van der Waals surface area (Å²) in [5.74, 6) is -1.74. The first-order valence-electron chi connectivity index (χ1n) is 21.5. The second-order valence-electron chi connectivity index (χ2n) is 15.1. The molecule has 0 spiro atoms. The van der Waals surface area contributed by atoms with Gasteiger partial charge in [0.25, 0.3) is 0 Å². The van der Waals surface area contributed by atoms with Gasteiger partial charge >= 0.3 is 31.3 Å². The minimum absolute atomic E-state index is 0.0200. The largest absolute Gasteiger partial charge is 0.534 e. The molecule has 62 heavy (non-hydrogen) atoms. The van der Waals surface area contributed by atoms with Crippen molar-refractivity contribution in [1.29, 1.82) is 0 Å². The number of hydrogen-bond acceptors (Lipinski definition) is 10. The summed E-state index contributed by atoms with van der Waals surface area (Å²) in [5.41, 5.74) is -11.6. The van der Waals surface area contributed by atoms with Crippen LogP contribution in [-0.2, 0) is 20.2 Å². The standard InChI is InChI=1S/C44H58F6O10S2/c1-5-9-13-17-21-55-37-25-31-32(26-38(37)56-22-18-14-10-6-2)36-30-42(60-62(53,54)44(48,49)50)40(58-24-20-16-12-8-4)28-34(36)33-27-39(57-23-19-15-11-7-3)41(29-35(31)33)59-61(51,52)43(45,46)47/h25-30H,5-24H2,1-4H3. The lowest BCUT2D eigenvalue weighted by Gasteiger charge is -2.20. The van der Waals surface area contributed by atoms with E-state index in [4.69, 9.17) is 27.3 Å². The molecule has 4 aromatic rings. The molecule has 0 saturated heterocycles. The molecule has 0 aromatic heterocycles. The molecule has 4 aromatic carbocycles. The highest BCUT2D eigenvalue weighted by atomic mass is 32.2. The van der Waals surface area contributed by atoms with Crippen LogP contribution < -0.4 is 27.3 Å². The number of ether oxygens (including phenoxy) is 4. The molecule has 0 atom stereocenters. The van der Waals surface area contributed by atoms with Crippen molar-refractivity contribution in [3.8, 4) is 34.5 Å². The van der Waals surface area contributed by atoms with Gasteiger partial charge in [-0.2, -0.15) is 43.2 Å². The number of hydrogen-bond donors (Lipinski definition) is 0. The van der Waals surface area contributed by atoms with Crippen LogP contribution in [0, 0.1) is 0 Å². The second-order valence-corrected chi connectivity index (χ2v) is 18.2. The average molecular weight is 925 g/mol. The molecule has 0 aliphatic rings. The Hall–Kier alpha value is -4.06. The first-order valence-corrected chi connectivity index (χ1v) is 24.3. The van der Waals surface area contributed by atoms with Gasteiger partial charge in [-0.05, 0) is 94.4 Å². The zero-order chi connectivity index (χ0) is 45.6. The van der Waals surface area contributed by atoms with E-state index in [1.807, 2.05) is 13.8 Å². The summed E-state index contributed by atoms with van der Waals surface area (Å²) in [6.45, 7) is 8.58. The van der Waals surface area contributed by atoms with Crippen molar-refractivity contribution in [3.05, 3.63) is 36.4 Å². The Balaban J connectivity index is 2.12. The molecule has 0 aliphatic heterocycles. The highest BCUT2D eigenvalue weighted by molar-refractivity contribution is 7.88. The molecular formula is C44H58F6O10S2. The molecule has 0 N–H and O–H groups in total. The Morgan fingerprint density at radius 2 is 0.565 bits per heavy atom. The number of alkyl halides is 6. The topological polar surface area (TPSA) is 124 Å². The summed E-state index contributed by atoms with van der Waals surface area (Å²) < 4.78 is 167. The fraction of sp³-hybridized carbons (Fsp3) is 0.591. The van der Waals surface area contributed by atoms with Crippen LogP contribution in [0.25, 0.3) is 32.3 Å². The van der Waals surface area contributed by atoms with Crippen LogP contribution in [0.4, 0.5) is 26.3 Å². The first-order chi connectivity index (χ1) is 29.4. The van der Waals surface area contributed by atoms with Gasteiger partial charge in [-0.1, -0.05) is 105 Å². The normalized spacial score (nSPS) is 12.6. The number of rotatable bonds is 28. The number of halogens is 6. The fourth-order valence-electron chi connectivity index (χ4n) is 6.77. The Labute approximate surface area is 360 Å². The SMILES string of the molecule is CCCCCCOc1cc2c(cc1OCCCCCC)c1cc(OS(=O)(=O)C(F)(F)F)c(OCCCCCC)cc1c1cc(OCCCCCC)c(OS(=O)(=O)C(F)(F)F)cc21. The molecule has 0 amide bonds. The smallest absolute Gasteiger partial charge is 0.490 e. The lowest BCUT2D eigenvalue weighted by molar-refractivity contribution is -0.0505. The highest BCUT2D eigenvalue weighted by Crippen LogP contribution is 2.48. The molecule has 4 rings (SSSR count). The van der Waals surface area contributed by atoms with Crippen molar-refractivity contribution in [2.24, 2.45) is 0 Å². The van der Waals surface area contributed by atoms with Gasteiger partial charge < -0.3 is 27.3 Å². The monoisotopic (exact) mass is 924 g/mol. The van der Waals surface area contributed by atoms with E-state index in [9.17, 15) is 43.2 Å². The van der Waals surface area contributed by atoms with Gasteiger partial charge in [0.2, 0.25) is 0 Å². The summed E-state index contributed by atoms with van der Waals surface area (Å²) in [6.07, 6.45) is 12.8. The first kappa shape index (κ1) is 50.6. The van der Waals surface area contributed by atoms with Crippen molar-refractivity contribution in [2.75, 3.05) is 26.4 Å². The molecular weight excluding hydrogens is 867 g/mol. The van der Waals surface area contributed by atoms with Crippen LogP contribution >= 0.6 is 0 Å². The third-order valence-electron chi connectivity index (χ3n) is 10.1. The Bertz CT molecular complexity index is 2120. The summed E-state index contributed by atoms with van der Waals surface area (Å²) >= 11 is 0. The molecule has 0 aliphatic carbocycles. The van der Waals surface area contributed by atoms with Gasteiger partial charge in [-0.3, -0.25) is 0 Å². The summed E-state index contributed by atoms with van der Waals surface area (Å²) in [7, 11) is -12.4. The number of benzene rings is 4. The lowest BCUT2D eigenvalue weighted by atomic mass is 9.93. The Morgan fingerprint density at radius 3 is 0.774 bits per heavy atom. The van der Waals surface area contributed by atoms with E-state index in [0.717, 1.165) is 76.3 Å². The zero-order valence-corrected chi connectivity index (χ0v) is 37.4. The Morgan fingerprint density at radius 1 is 0.355 bits per heavy atom.